The van der Waals surface area contributed by atoms with Crippen molar-refractivity contribution in [3.05, 3.63) is 29.8 Å². The van der Waals surface area contributed by atoms with Gasteiger partial charge in [-0.25, -0.2) is 9.97 Å². The molecule has 1 aliphatic carbocycles. The number of hydrogen-bond donors (Lipinski definition) is 4. The van der Waals surface area contributed by atoms with Gasteiger partial charge in [-0.1, -0.05) is 0 Å². The van der Waals surface area contributed by atoms with Crippen molar-refractivity contribution in [2.24, 2.45) is 5.41 Å². The molecule has 0 aromatic carbocycles. The van der Waals surface area contributed by atoms with Crippen LogP contribution in [0.4, 0.5) is 17.3 Å². The Morgan fingerprint density at radius 2 is 2.14 bits per heavy atom. The van der Waals surface area contributed by atoms with Gasteiger partial charge in [-0.2, -0.15) is 5.26 Å². The number of anilines is 3. The average molecular weight is 393 g/mol. The van der Waals surface area contributed by atoms with Crippen LogP contribution in [-0.4, -0.2) is 52.3 Å². The van der Waals surface area contributed by atoms with Gasteiger partial charge < -0.3 is 21.3 Å². The predicted octanol–water partition coefficient (Wildman–Crippen LogP) is 1.19. The van der Waals surface area contributed by atoms with Gasteiger partial charge in [0.25, 0.3) is 5.91 Å². The molecule has 1 saturated heterocycles. The van der Waals surface area contributed by atoms with Gasteiger partial charge >= 0.3 is 0 Å². The van der Waals surface area contributed by atoms with Crippen LogP contribution in [0.3, 0.4) is 0 Å². The molecule has 2 aliphatic rings. The van der Waals surface area contributed by atoms with E-state index in [9.17, 15) is 4.79 Å². The zero-order valence-corrected chi connectivity index (χ0v) is 16.2. The lowest BCUT2D eigenvalue weighted by molar-refractivity contribution is 0.0786. The second-order valence-corrected chi connectivity index (χ2v) is 7.62. The monoisotopic (exact) mass is 393 g/mol. The van der Waals surface area contributed by atoms with Gasteiger partial charge in [-0.05, 0) is 37.6 Å². The Balaban J connectivity index is 1.50. The normalized spacial score (nSPS) is 23.0. The minimum Gasteiger partial charge on any atom is -0.380 e. The maximum Gasteiger partial charge on any atom is 0.273 e. The van der Waals surface area contributed by atoms with Crippen LogP contribution in [0.1, 0.15) is 41.9 Å². The highest BCUT2D eigenvalue weighted by Crippen LogP contribution is 2.47. The van der Waals surface area contributed by atoms with Crippen molar-refractivity contribution in [3.63, 3.8) is 0 Å². The number of nitrogens with zero attached hydrogens (tertiary/aromatic N) is 5. The minimum atomic E-state index is -0.293. The molecule has 0 unspecified atom stereocenters. The van der Waals surface area contributed by atoms with Crippen LogP contribution in [0, 0.1) is 16.7 Å². The highest BCUT2D eigenvalue weighted by molar-refractivity contribution is 5.97. The Labute approximate surface area is 168 Å². The summed E-state index contributed by atoms with van der Waals surface area (Å²) in [5, 5.41) is 29.6. The zero-order chi connectivity index (χ0) is 20.3. The van der Waals surface area contributed by atoms with Crippen LogP contribution in [-0.2, 0) is 0 Å². The van der Waals surface area contributed by atoms with E-state index in [-0.39, 0.29) is 17.3 Å². The van der Waals surface area contributed by atoms with Crippen LogP contribution < -0.4 is 21.3 Å². The van der Waals surface area contributed by atoms with Gasteiger partial charge in [0.05, 0.1) is 18.1 Å². The van der Waals surface area contributed by atoms with Gasteiger partial charge in [-0.15, -0.1) is 10.2 Å². The van der Waals surface area contributed by atoms with Crippen LogP contribution in [0.25, 0.3) is 0 Å². The largest absolute Gasteiger partial charge is 0.380 e. The fraction of sp³-hybridized carbons (Fsp3) is 0.474. The number of aromatic nitrogens is 4. The standard InChI is InChI=1S/C19H23N9O/c1-21-18(29)17-14(25-12-6-19(7-12)3-2-4-22-11-19)5-15(27-28-17)26-16-10-23-13(8-20)9-24-16/h5,9-10,12,22H,2-4,6-7,11H2,1H3,(H,21,29)(H2,24,25,26,27). The van der Waals surface area contributed by atoms with E-state index >= 15 is 0 Å². The van der Waals surface area contributed by atoms with E-state index < -0.39 is 0 Å². The van der Waals surface area contributed by atoms with E-state index in [1.54, 1.807) is 13.1 Å². The first-order valence-corrected chi connectivity index (χ1v) is 9.67. The molecule has 1 aliphatic heterocycles. The van der Waals surface area contributed by atoms with E-state index in [1.807, 2.05) is 6.07 Å². The third kappa shape index (κ3) is 4.09. The van der Waals surface area contributed by atoms with Gasteiger partial charge in [0.1, 0.15) is 11.9 Å². The zero-order valence-electron chi connectivity index (χ0n) is 16.2. The quantitative estimate of drug-likeness (QED) is 0.589. The van der Waals surface area contributed by atoms with Crippen molar-refractivity contribution >= 4 is 23.2 Å². The SMILES string of the molecule is CNC(=O)c1nnc(Nc2cnc(C#N)cn2)cc1NC1CC2(CCCNC2)C1. The second-order valence-electron chi connectivity index (χ2n) is 7.62. The molecule has 10 nitrogen and oxygen atoms in total. The average Bonchev–Trinajstić information content (AvgIpc) is 2.73. The molecule has 4 rings (SSSR count). The first-order chi connectivity index (χ1) is 14.1. The van der Waals surface area contributed by atoms with Crippen molar-refractivity contribution in [3.8, 4) is 6.07 Å². The van der Waals surface area contributed by atoms with Crippen LogP contribution in [0.5, 0.6) is 0 Å². The number of carbonyl (C=O) groups excluding carboxylic acids is 1. The minimum absolute atomic E-state index is 0.232. The lowest BCUT2D eigenvalue weighted by atomic mass is 9.62. The molecular weight excluding hydrogens is 370 g/mol. The Kier molecular flexibility index (Phi) is 5.22. The maximum absolute atomic E-state index is 12.2. The van der Waals surface area contributed by atoms with Crippen molar-refractivity contribution in [2.45, 2.75) is 31.7 Å². The summed E-state index contributed by atoms with van der Waals surface area (Å²) < 4.78 is 0. The second kappa shape index (κ2) is 7.97. The summed E-state index contributed by atoms with van der Waals surface area (Å²) in [6.45, 7) is 2.16. The van der Waals surface area contributed by atoms with E-state index in [4.69, 9.17) is 5.26 Å². The molecule has 4 N–H and O–H groups in total. The molecule has 0 bridgehead atoms. The molecule has 29 heavy (non-hydrogen) atoms. The highest BCUT2D eigenvalue weighted by atomic mass is 16.1. The first kappa shape index (κ1) is 19.0. The Morgan fingerprint density at radius 3 is 2.79 bits per heavy atom. The fourth-order valence-electron chi connectivity index (χ4n) is 4.12. The summed E-state index contributed by atoms with van der Waals surface area (Å²) in [5.41, 5.74) is 1.50. The number of carbonyl (C=O) groups is 1. The summed E-state index contributed by atoms with van der Waals surface area (Å²) in [5.74, 6) is 0.582. The number of amides is 1. The van der Waals surface area contributed by atoms with E-state index in [0.29, 0.717) is 28.8 Å². The summed E-state index contributed by atoms with van der Waals surface area (Å²) in [7, 11) is 1.57. The summed E-state index contributed by atoms with van der Waals surface area (Å²) in [4.78, 5) is 20.3. The van der Waals surface area contributed by atoms with Gasteiger partial charge in [0.15, 0.2) is 17.2 Å². The van der Waals surface area contributed by atoms with E-state index in [2.05, 4.69) is 41.4 Å². The van der Waals surface area contributed by atoms with Crippen molar-refractivity contribution < 1.29 is 4.79 Å². The molecule has 1 amide bonds. The lowest BCUT2D eigenvalue weighted by Gasteiger charge is -2.50. The van der Waals surface area contributed by atoms with Crippen molar-refractivity contribution in [1.82, 2.24) is 30.8 Å². The molecule has 0 atom stereocenters. The summed E-state index contributed by atoms with van der Waals surface area (Å²) in [6.07, 6.45) is 7.43. The van der Waals surface area contributed by atoms with Gasteiger partial charge in [-0.3, -0.25) is 4.79 Å². The Morgan fingerprint density at radius 1 is 1.28 bits per heavy atom. The molecule has 1 spiro atoms. The summed E-state index contributed by atoms with van der Waals surface area (Å²) in [6, 6.07) is 3.97. The smallest absolute Gasteiger partial charge is 0.273 e. The van der Waals surface area contributed by atoms with Crippen molar-refractivity contribution in [2.75, 3.05) is 30.8 Å². The van der Waals surface area contributed by atoms with Crippen molar-refractivity contribution in [1.29, 1.82) is 5.26 Å². The first-order valence-electron chi connectivity index (χ1n) is 9.67. The third-order valence-electron chi connectivity index (χ3n) is 5.54. The topological polar surface area (TPSA) is 141 Å². The predicted molar refractivity (Wildman–Crippen MR) is 107 cm³/mol. The van der Waals surface area contributed by atoms with Crippen LogP contribution in [0.2, 0.25) is 0 Å². The number of rotatable bonds is 5. The molecule has 10 heteroatoms. The van der Waals surface area contributed by atoms with Crippen LogP contribution >= 0.6 is 0 Å². The number of hydrogen-bond acceptors (Lipinski definition) is 9. The third-order valence-corrected chi connectivity index (χ3v) is 5.54. The van der Waals surface area contributed by atoms with Gasteiger partial charge in [0.2, 0.25) is 0 Å². The lowest BCUT2D eigenvalue weighted by Crippen LogP contribution is -2.53. The number of nitriles is 1. The summed E-state index contributed by atoms with van der Waals surface area (Å²) >= 11 is 0. The molecule has 2 aromatic rings. The molecule has 2 aromatic heterocycles. The maximum atomic E-state index is 12.2. The Hall–Kier alpha value is -3.32. The Bertz CT molecular complexity index is 924. The van der Waals surface area contributed by atoms with E-state index in [0.717, 1.165) is 25.9 Å². The van der Waals surface area contributed by atoms with E-state index in [1.165, 1.54) is 25.2 Å². The molecule has 0 radical (unpaired) electrons. The molecule has 1 saturated carbocycles. The molecular formula is C19H23N9O. The molecule has 150 valence electrons. The highest BCUT2D eigenvalue weighted by Gasteiger charge is 2.44. The fourth-order valence-corrected chi connectivity index (χ4v) is 4.12. The molecule has 2 fully saturated rings. The number of piperidine rings is 1. The van der Waals surface area contributed by atoms with Gasteiger partial charge in [0, 0.05) is 25.7 Å². The van der Waals surface area contributed by atoms with Crippen LogP contribution in [0.15, 0.2) is 18.5 Å². The number of nitrogens with one attached hydrogen (secondary N) is 4. The molecule has 3 heterocycles.